The largest absolute Gasteiger partial charge is 0.508 e. The summed E-state index contributed by atoms with van der Waals surface area (Å²) in [5.74, 6) is -3.55. The van der Waals surface area contributed by atoms with Crippen molar-refractivity contribution in [3.63, 3.8) is 0 Å². The lowest BCUT2D eigenvalue weighted by Gasteiger charge is -2.44. The van der Waals surface area contributed by atoms with E-state index in [1.165, 1.54) is 65.2 Å². The fourth-order valence-corrected chi connectivity index (χ4v) is 8.57. The lowest BCUT2D eigenvalue weighted by Crippen LogP contribution is -2.71. The molecule has 13 nitrogen and oxygen atoms in total. The van der Waals surface area contributed by atoms with Gasteiger partial charge in [0, 0.05) is 33.9 Å². The molecule has 1 aliphatic carbocycles. The van der Waals surface area contributed by atoms with Gasteiger partial charge in [-0.05, 0) is 67.4 Å². The van der Waals surface area contributed by atoms with E-state index in [1.54, 1.807) is 44.2 Å². The number of carbonyl (C=O) groups excluding carboxylic acids is 2. The number of thioether (sulfide) groups is 1. The molecule has 0 spiro atoms. The summed E-state index contributed by atoms with van der Waals surface area (Å²) in [6, 6.07) is 16.2. The molecule has 3 aromatic rings. The Labute approximate surface area is 293 Å². The lowest BCUT2D eigenvalue weighted by molar-refractivity contribution is -0.161. The highest BCUT2D eigenvalue weighted by molar-refractivity contribution is 8.01. The first kappa shape index (κ1) is 33.6. The van der Waals surface area contributed by atoms with E-state index < -0.39 is 52.0 Å². The standard InChI is InChI=1S/C37H31N3O10S/c1-37(2)31(36(48)49)40-33(45)29(34(40)51-37)39-32(44)28(17-7-9-18(41)10-8-17)38-16-24-25(43)14-13-23-27(20-5-3-4-6-21(20)35(46)47)22-12-11-19(42)15-26(22)50-30(23)24/h3-15,28-29,31,34,38,41,43H,16H2,1-2H3,(H,39,44)(H,46,47)(H,48,49). The Hall–Kier alpha value is -5.86. The second-order valence-corrected chi connectivity index (χ2v) is 14.7. The summed E-state index contributed by atoms with van der Waals surface area (Å²) in [6.45, 7) is 3.28. The second-order valence-electron chi connectivity index (χ2n) is 12.9. The Morgan fingerprint density at radius 1 is 0.941 bits per heavy atom. The quantitative estimate of drug-likeness (QED) is 0.0944. The first-order chi connectivity index (χ1) is 24.3. The zero-order valence-electron chi connectivity index (χ0n) is 27.1. The van der Waals surface area contributed by atoms with Crippen molar-refractivity contribution in [2.24, 2.45) is 0 Å². The number of aromatic carboxylic acids is 1. The van der Waals surface area contributed by atoms with E-state index in [1.807, 2.05) is 0 Å². The maximum atomic E-state index is 14.0. The van der Waals surface area contributed by atoms with E-state index in [4.69, 9.17) is 4.42 Å². The number of hydrogen-bond acceptors (Lipinski definition) is 10. The number of benzene rings is 4. The third-order valence-corrected chi connectivity index (χ3v) is 10.9. The van der Waals surface area contributed by atoms with E-state index in [0.29, 0.717) is 27.6 Å². The third-order valence-electron chi connectivity index (χ3n) is 9.31. The Morgan fingerprint density at radius 3 is 2.37 bits per heavy atom. The Morgan fingerprint density at radius 2 is 1.67 bits per heavy atom. The molecule has 3 aliphatic heterocycles. The fraction of sp³-hybridized carbons (Fsp3) is 0.216. The molecule has 7 rings (SSSR count). The molecular weight excluding hydrogens is 678 g/mol. The number of carboxylic acid groups (broad SMARTS) is 2. The Kier molecular flexibility index (Phi) is 8.23. The number of nitrogens with one attached hydrogen (secondary N) is 2. The zero-order valence-corrected chi connectivity index (χ0v) is 27.9. The summed E-state index contributed by atoms with van der Waals surface area (Å²) >= 11 is 1.29. The number of β-lactam (4-membered cyclic amide) rings is 1. The third kappa shape index (κ3) is 5.71. The van der Waals surface area contributed by atoms with Crippen LogP contribution >= 0.6 is 11.8 Å². The number of nitrogens with zero attached hydrogens (tertiary/aromatic N) is 1. The number of hydrogen-bond donors (Lipinski definition) is 6. The van der Waals surface area contributed by atoms with Crippen molar-refractivity contribution in [2.45, 2.75) is 48.6 Å². The fourth-order valence-electron chi connectivity index (χ4n) is 6.94. The minimum Gasteiger partial charge on any atom is -0.508 e. The molecule has 4 unspecified atom stereocenters. The van der Waals surface area contributed by atoms with Crippen LogP contribution in [-0.2, 0) is 20.9 Å². The van der Waals surface area contributed by atoms with Crippen molar-refractivity contribution >= 4 is 46.5 Å². The monoisotopic (exact) mass is 709 g/mol. The van der Waals surface area contributed by atoms with Crippen LogP contribution in [0.3, 0.4) is 0 Å². The predicted octanol–water partition coefficient (Wildman–Crippen LogP) is 4.14. The second kappa shape index (κ2) is 12.5. The van der Waals surface area contributed by atoms with Crippen molar-refractivity contribution in [2.75, 3.05) is 0 Å². The maximum Gasteiger partial charge on any atom is 0.336 e. The Balaban J connectivity index is 1.27. The number of phenols is 2. The zero-order chi connectivity index (χ0) is 36.4. The van der Waals surface area contributed by atoms with Gasteiger partial charge in [0.15, 0.2) is 5.43 Å². The molecule has 14 heteroatoms. The van der Waals surface area contributed by atoms with Crippen molar-refractivity contribution < 1.29 is 44.0 Å². The molecule has 3 heterocycles. The van der Waals surface area contributed by atoms with Gasteiger partial charge in [-0.3, -0.25) is 19.7 Å². The van der Waals surface area contributed by atoms with Crippen LogP contribution in [0.2, 0.25) is 0 Å². The predicted molar refractivity (Wildman–Crippen MR) is 187 cm³/mol. The summed E-state index contributed by atoms with van der Waals surface area (Å²) in [7, 11) is 0. The summed E-state index contributed by atoms with van der Waals surface area (Å²) in [4.78, 5) is 65.1. The van der Waals surface area contributed by atoms with Gasteiger partial charge in [-0.1, -0.05) is 30.3 Å². The van der Waals surface area contributed by atoms with Crippen LogP contribution in [0.1, 0.15) is 41.4 Å². The molecule has 4 atom stereocenters. The van der Waals surface area contributed by atoms with Crippen molar-refractivity contribution in [1.29, 1.82) is 0 Å². The molecule has 51 heavy (non-hydrogen) atoms. The van der Waals surface area contributed by atoms with Crippen molar-refractivity contribution in [3.05, 3.63) is 106 Å². The van der Waals surface area contributed by atoms with Crippen LogP contribution in [0.25, 0.3) is 33.4 Å². The number of carboxylic acids is 2. The molecule has 2 saturated heterocycles. The van der Waals surface area contributed by atoms with Crippen LogP contribution in [0.4, 0.5) is 0 Å². The summed E-state index contributed by atoms with van der Waals surface area (Å²) < 4.78 is 5.44. The SMILES string of the molecule is CC1(C)SC2C(NC(=O)C(NCc3c(O)ccc4c(-c5ccccc5C(=O)O)c5ccc(=O)cc-5oc34)c3ccc(O)cc3)C(=O)N2C1C(=O)O. The van der Waals surface area contributed by atoms with Gasteiger partial charge in [0.1, 0.15) is 46.3 Å². The van der Waals surface area contributed by atoms with Crippen LogP contribution in [-0.4, -0.2) is 71.3 Å². The number of aromatic hydroxyl groups is 2. The number of carbonyl (C=O) groups is 4. The molecule has 0 radical (unpaired) electrons. The topological polar surface area (TPSA) is 207 Å². The number of fused-ring (bicyclic) bond motifs is 3. The molecule has 6 N–H and O–H groups in total. The normalized spacial score (nSPS) is 19.8. The smallest absolute Gasteiger partial charge is 0.336 e. The molecule has 260 valence electrons. The molecule has 3 aromatic carbocycles. The number of rotatable bonds is 9. The minimum atomic E-state index is -1.16. The van der Waals surface area contributed by atoms with Gasteiger partial charge in [0.2, 0.25) is 11.8 Å². The van der Waals surface area contributed by atoms with E-state index in [-0.39, 0.29) is 45.9 Å². The molecule has 2 fully saturated rings. The first-order valence-corrected chi connectivity index (χ1v) is 16.7. The average molecular weight is 710 g/mol. The average Bonchev–Trinajstić information content (AvgIpc) is 3.35. The highest BCUT2D eigenvalue weighted by Crippen LogP contribution is 2.51. The molecule has 0 bridgehead atoms. The van der Waals surface area contributed by atoms with Crippen molar-refractivity contribution in [1.82, 2.24) is 15.5 Å². The van der Waals surface area contributed by atoms with Gasteiger partial charge in [-0.15, -0.1) is 11.8 Å². The molecule has 0 saturated carbocycles. The van der Waals surface area contributed by atoms with Gasteiger partial charge in [-0.25, -0.2) is 9.59 Å². The van der Waals surface area contributed by atoms with E-state index in [0.717, 1.165) is 0 Å². The highest BCUT2D eigenvalue weighted by Gasteiger charge is 2.64. The number of phenolic OH excluding ortho intramolecular Hbond substituents is 2. The van der Waals surface area contributed by atoms with Gasteiger partial charge in [0.25, 0.3) is 0 Å². The molecule has 2 amide bonds. The van der Waals surface area contributed by atoms with Gasteiger partial charge < -0.3 is 35.1 Å². The van der Waals surface area contributed by atoms with Crippen LogP contribution in [0, 0.1) is 0 Å². The molecule has 4 aliphatic rings. The minimum absolute atomic E-state index is 0.0110. The number of aliphatic carboxylic acids is 1. The van der Waals surface area contributed by atoms with Gasteiger partial charge in [0.05, 0.1) is 11.1 Å². The van der Waals surface area contributed by atoms with E-state index >= 15 is 0 Å². The lowest BCUT2D eigenvalue weighted by atomic mass is 9.90. The summed E-state index contributed by atoms with van der Waals surface area (Å²) in [6.07, 6.45) is 0. The first-order valence-electron chi connectivity index (χ1n) is 15.9. The maximum absolute atomic E-state index is 14.0. The van der Waals surface area contributed by atoms with Crippen LogP contribution in [0.15, 0.2) is 88.1 Å². The number of amides is 2. The van der Waals surface area contributed by atoms with E-state index in [9.17, 15) is 44.4 Å². The van der Waals surface area contributed by atoms with Crippen LogP contribution < -0.4 is 16.1 Å². The molecule has 0 aromatic heterocycles. The molecular formula is C37H31N3O10S. The van der Waals surface area contributed by atoms with Gasteiger partial charge in [-0.2, -0.15) is 0 Å². The van der Waals surface area contributed by atoms with Gasteiger partial charge >= 0.3 is 11.9 Å². The Bertz CT molecular complexity index is 2290. The summed E-state index contributed by atoms with van der Waals surface area (Å²) in [5, 5.41) is 46.6. The summed E-state index contributed by atoms with van der Waals surface area (Å²) in [5.41, 5.74) is 1.69. The van der Waals surface area contributed by atoms with E-state index in [2.05, 4.69) is 10.6 Å². The highest BCUT2D eigenvalue weighted by atomic mass is 32.2. The van der Waals surface area contributed by atoms with Crippen LogP contribution in [0.5, 0.6) is 11.5 Å². The van der Waals surface area contributed by atoms with Crippen molar-refractivity contribution in [3.8, 4) is 33.9 Å².